The van der Waals surface area contributed by atoms with Crippen LogP contribution in [0.25, 0.3) is 5.69 Å². The molecule has 1 aliphatic rings. The minimum Gasteiger partial charge on any atom is -0.494 e. The number of nitrogens with one attached hydrogen (secondary N) is 2. The van der Waals surface area contributed by atoms with Crippen LogP contribution >= 0.6 is 23.8 Å². The molecule has 2 unspecified atom stereocenters. The summed E-state index contributed by atoms with van der Waals surface area (Å²) in [6.45, 7) is 9.85. The van der Waals surface area contributed by atoms with Gasteiger partial charge < -0.3 is 24.8 Å². The van der Waals surface area contributed by atoms with Gasteiger partial charge in [0.25, 0.3) is 0 Å². The summed E-state index contributed by atoms with van der Waals surface area (Å²) in [4.78, 5) is 19.5. The van der Waals surface area contributed by atoms with E-state index in [0.29, 0.717) is 21.6 Å². The molecule has 2 N–H and O–H groups in total. The SMILES string of the molecule is COc1cc(N2C(=S)NC(c3ccccn3)C2c2cc(C)n(-c3ccc(Cl)cc3)c2C)ccc1NC(=O)C(C)(C)C. The number of thiocarbonyl (C=S) groups is 1. The number of hydrogen-bond acceptors (Lipinski definition) is 4. The second-order valence-electron chi connectivity index (χ2n) is 11.2. The summed E-state index contributed by atoms with van der Waals surface area (Å²) < 4.78 is 7.96. The molecule has 0 spiro atoms. The van der Waals surface area contributed by atoms with Crippen molar-refractivity contribution in [3.8, 4) is 11.4 Å². The maximum absolute atomic E-state index is 12.7. The highest BCUT2D eigenvalue weighted by molar-refractivity contribution is 7.80. The summed E-state index contributed by atoms with van der Waals surface area (Å²) in [5.41, 5.74) is 6.12. The minimum atomic E-state index is -0.544. The fourth-order valence-corrected chi connectivity index (χ4v) is 5.74. The van der Waals surface area contributed by atoms with Crippen LogP contribution in [0.1, 0.15) is 55.5 Å². The maximum atomic E-state index is 12.7. The van der Waals surface area contributed by atoms with E-state index in [9.17, 15) is 4.79 Å². The summed E-state index contributed by atoms with van der Waals surface area (Å²) in [6.07, 6.45) is 1.80. The Bertz CT molecular complexity index is 1600. The number of rotatable bonds is 6. The highest BCUT2D eigenvalue weighted by Gasteiger charge is 2.42. The number of hydrogen-bond donors (Lipinski definition) is 2. The van der Waals surface area contributed by atoms with Crippen LogP contribution in [0, 0.1) is 19.3 Å². The number of halogens is 1. The second-order valence-corrected chi connectivity index (χ2v) is 12.0. The average molecular weight is 588 g/mol. The van der Waals surface area contributed by atoms with Gasteiger partial charge in [-0.3, -0.25) is 9.78 Å². The zero-order valence-electron chi connectivity index (χ0n) is 24.0. The Hall–Kier alpha value is -3.88. The van der Waals surface area contributed by atoms with Crippen molar-refractivity contribution in [1.29, 1.82) is 0 Å². The van der Waals surface area contributed by atoms with Gasteiger partial charge in [0.05, 0.1) is 30.6 Å². The Labute approximate surface area is 251 Å². The molecule has 0 radical (unpaired) electrons. The summed E-state index contributed by atoms with van der Waals surface area (Å²) in [7, 11) is 1.60. The number of aryl methyl sites for hydroxylation is 1. The molecule has 0 saturated carbocycles. The predicted octanol–water partition coefficient (Wildman–Crippen LogP) is 7.31. The van der Waals surface area contributed by atoms with Gasteiger partial charge in [0, 0.05) is 45.5 Å². The van der Waals surface area contributed by atoms with Gasteiger partial charge in [0.2, 0.25) is 5.91 Å². The molecule has 0 bridgehead atoms. The molecule has 1 aliphatic heterocycles. The van der Waals surface area contributed by atoms with Crippen LogP contribution in [-0.4, -0.2) is 27.7 Å². The van der Waals surface area contributed by atoms with Crippen LogP contribution in [0.5, 0.6) is 5.75 Å². The normalized spacial score (nSPS) is 17.0. The van der Waals surface area contributed by atoms with Gasteiger partial charge in [0.15, 0.2) is 5.11 Å². The van der Waals surface area contributed by atoms with Crippen LogP contribution in [0.15, 0.2) is 72.9 Å². The van der Waals surface area contributed by atoms with Crippen LogP contribution in [0.2, 0.25) is 5.02 Å². The number of ether oxygens (including phenoxy) is 1. The molecular weight excluding hydrogens is 554 g/mol. The first-order chi connectivity index (χ1) is 19.5. The van der Waals surface area contributed by atoms with E-state index in [1.807, 2.05) is 81.4 Å². The molecule has 2 aromatic carbocycles. The number of carbonyl (C=O) groups excluding carboxylic acids is 1. The minimum absolute atomic E-state index is 0.0929. The Morgan fingerprint density at radius 3 is 2.39 bits per heavy atom. The van der Waals surface area contributed by atoms with Gasteiger partial charge in [-0.05, 0) is 86.2 Å². The third-order valence-corrected chi connectivity index (χ3v) is 7.93. The average Bonchev–Trinajstić information content (AvgIpc) is 3.44. The summed E-state index contributed by atoms with van der Waals surface area (Å²) in [6, 6.07) is 21.3. The molecule has 41 heavy (non-hydrogen) atoms. The van der Waals surface area contributed by atoms with Crippen molar-refractivity contribution in [3.05, 3.63) is 101 Å². The van der Waals surface area contributed by atoms with Crippen LogP contribution in [-0.2, 0) is 4.79 Å². The highest BCUT2D eigenvalue weighted by atomic mass is 35.5. The van der Waals surface area contributed by atoms with Crippen molar-refractivity contribution >= 4 is 46.2 Å². The number of benzene rings is 2. The molecule has 7 nitrogen and oxygen atoms in total. The van der Waals surface area contributed by atoms with E-state index in [-0.39, 0.29) is 18.0 Å². The number of methoxy groups -OCH3 is 1. The van der Waals surface area contributed by atoms with E-state index in [4.69, 9.17) is 28.6 Å². The molecule has 1 amide bonds. The van der Waals surface area contributed by atoms with Gasteiger partial charge in [-0.2, -0.15) is 0 Å². The van der Waals surface area contributed by atoms with E-state index in [0.717, 1.165) is 34.0 Å². The van der Waals surface area contributed by atoms with E-state index < -0.39 is 5.41 Å². The second kappa shape index (κ2) is 11.2. The maximum Gasteiger partial charge on any atom is 0.229 e. The molecule has 3 heterocycles. The van der Waals surface area contributed by atoms with E-state index in [1.54, 1.807) is 13.3 Å². The van der Waals surface area contributed by atoms with Crippen molar-refractivity contribution in [2.24, 2.45) is 5.41 Å². The lowest BCUT2D eigenvalue weighted by molar-refractivity contribution is -0.123. The standard InChI is InChI=1S/C32H34ClN5O2S/c1-19-17-24(20(2)37(19)22-12-10-21(33)11-13-22)29-28(26-9-7-8-16-34-26)36-31(41)38(29)23-14-15-25(27(18-23)40-6)35-30(39)32(3,4)5/h7-18,28-29H,1-6H3,(H,35,39)(H,36,41). The Balaban J connectivity index is 1.62. The molecule has 2 atom stereocenters. The van der Waals surface area contributed by atoms with Gasteiger partial charge in [-0.25, -0.2) is 0 Å². The smallest absolute Gasteiger partial charge is 0.229 e. The van der Waals surface area contributed by atoms with Crippen LogP contribution < -0.4 is 20.3 Å². The van der Waals surface area contributed by atoms with Gasteiger partial charge in [-0.15, -0.1) is 0 Å². The fourth-order valence-electron chi connectivity index (χ4n) is 5.27. The molecular formula is C32H34ClN5O2S. The molecule has 1 saturated heterocycles. The molecule has 1 fully saturated rings. The fraction of sp³-hybridized carbons (Fsp3) is 0.281. The Morgan fingerprint density at radius 1 is 1.05 bits per heavy atom. The highest BCUT2D eigenvalue weighted by Crippen LogP contribution is 2.45. The van der Waals surface area contributed by atoms with Gasteiger partial charge >= 0.3 is 0 Å². The van der Waals surface area contributed by atoms with Crippen molar-refractivity contribution in [1.82, 2.24) is 14.9 Å². The Kier molecular flexibility index (Phi) is 7.81. The summed E-state index contributed by atoms with van der Waals surface area (Å²) >= 11 is 12.1. The molecule has 0 aliphatic carbocycles. The summed E-state index contributed by atoms with van der Waals surface area (Å²) in [5.74, 6) is 0.458. The number of amides is 1. The number of pyridine rings is 1. The number of aromatic nitrogens is 2. The quantitative estimate of drug-likeness (QED) is 0.230. The first kappa shape index (κ1) is 28.6. The Morgan fingerprint density at radius 2 is 1.76 bits per heavy atom. The lowest BCUT2D eigenvalue weighted by Gasteiger charge is -2.29. The molecule has 9 heteroatoms. The molecule has 212 valence electrons. The lowest BCUT2D eigenvalue weighted by Crippen LogP contribution is -2.30. The zero-order chi connectivity index (χ0) is 29.5. The van der Waals surface area contributed by atoms with Gasteiger partial charge in [0.1, 0.15) is 5.75 Å². The van der Waals surface area contributed by atoms with Crippen molar-refractivity contribution in [2.75, 3.05) is 17.3 Å². The van der Waals surface area contributed by atoms with Crippen molar-refractivity contribution < 1.29 is 9.53 Å². The monoisotopic (exact) mass is 587 g/mol. The van der Waals surface area contributed by atoms with Crippen LogP contribution in [0.4, 0.5) is 11.4 Å². The molecule has 2 aromatic heterocycles. The third-order valence-electron chi connectivity index (χ3n) is 7.36. The predicted molar refractivity (Wildman–Crippen MR) is 169 cm³/mol. The number of carbonyl (C=O) groups is 1. The largest absolute Gasteiger partial charge is 0.494 e. The van der Waals surface area contributed by atoms with Crippen LogP contribution in [0.3, 0.4) is 0 Å². The summed E-state index contributed by atoms with van der Waals surface area (Å²) in [5, 5.41) is 7.80. The molecule has 5 rings (SSSR count). The van der Waals surface area contributed by atoms with Crippen molar-refractivity contribution in [2.45, 2.75) is 46.7 Å². The lowest BCUT2D eigenvalue weighted by atomic mass is 9.95. The van der Waals surface area contributed by atoms with E-state index in [2.05, 4.69) is 45.0 Å². The molecule has 4 aromatic rings. The first-order valence-electron chi connectivity index (χ1n) is 13.4. The first-order valence-corrected chi connectivity index (χ1v) is 14.2. The third kappa shape index (κ3) is 5.54. The van der Waals surface area contributed by atoms with E-state index >= 15 is 0 Å². The van der Waals surface area contributed by atoms with Gasteiger partial charge in [-0.1, -0.05) is 38.4 Å². The van der Waals surface area contributed by atoms with Crippen molar-refractivity contribution in [3.63, 3.8) is 0 Å². The zero-order valence-corrected chi connectivity index (χ0v) is 25.6. The topological polar surface area (TPSA) is 71.4 Å². The van der Waals surface area contributed by atoms with E-state index in [1.165, 1.54) is 0 Å². The number of anilines is 2. The number of nitrogens with zero attached hydrogens (tertiary/aromatic N) is 3.